The second kappa shape index (κ2) is 8.62. The van der Waals surface area contributed by atoms with Crippen molar-refractivity contribution in [1.82, 2.24) is 5.32 Å². The van der Waals surface area contributed by atoms with Crippen molar-refractivity contribution < 1.29 is 14.6 Å². The van der Waals surface area contributed by atoms with Crippen molar-refractivity contribution in [1.29, 1.82) is 0 Å². The van der Waals surface area contributed by atoms with Gasteiger partial charge in [0.15, 0.2) is 0 Å². The van der Waals surface area contributed by atoms with E-state index in [1.54, 1.807) is 14.0 Å². The molecule has 1 aromatic carbocycles. The van der Waals surface area contributed by atoms with Crippen LogP contribution in [0, 0.1) is 0 Å². The summed E-state index contributed by atoms with van der Waals surface area (Å²) in [7, 11) is 1.69. The van der Waals surface area contributed by atoms with E-state index in [4.69, 9.17) is 9.47 Å². The minimum absolute atomic E-state index is 0.285. The fraction of sp³-hybridized carbons (Fsp3) is 0.600. The average Bonchev–Trinajstić information content (AvgIpc) is 2.43. The summed E-state index contributed by atoms with van der Waals surface area (Å²) in [5.41, 5.74) is 0.377. The van der Waals surface area contributed by atoms with Crippen LogP contribution in [-0.2, 0) is 11.3 Å². The Bertz CT molecular complexity index is 410. The molecule has 0 bridgehead atoms. The van der Waals surface area contributed by atoms with Crippen molar-refractivity contribution in [2.75, 3.05) is 26.9 Å². The number of rotatable bonds is 9. The smallest absolute Gasteiger partial charge is 0.133 e. The third-order valence-electron chi connectivity index (χ3n) is 3.11. The fourth-order valence-electron chi connectivity index (χ4n) is 1.51. The second-order valence-electron chi connectivity index (χ2n) is 5.07. The van der Waals surface area contributed by atoms with Crippen LogP contribution in [0.2, 0.25) is 0 Å². The molecule has 0 aromatic heterocycles. The van der Waals surface area contributed by atoms with Crippen molar-refractivity contribution in [3.63, 3.8) is 0 Å². The number of hydrogen-bond donors (Lipinski definition) is 2. The molecular formula is C15H24BrNO3. The largest absolute Gasteiger partial charge is 0.489 e. The summed E-state index contributed by atoms with van der Waals surface area (Å²) in [6.07, 6.45) is 0.659. The van der Waals surface area contributed by atoms with Crippen LogP contribution in [0.4, 0.5) is 0 Å². The van der Waals surface area contributed by atoms with E-state index < -0.39 is 5.60 Å². The number of nitrogens with one attached hydrogen (secondary N) is 1. The van der Waals surface area contributed by atoms with E-state index in [-0.39, 0.29) is 6.61 Å². The van der Waals surface area contributed by atoms with E-state index in [0.29, 0.717) is 13.0 Å². The predicted octanol–water partition coefficient (Wildman–Crippen LogP) is 2.72. The molecule has 0 saturated carbocycles. The molecule has 2 N–H and O–H groups in total. The topological polar surface area (TPSA) is 50.7 Å². The lowest BCUT2D eigenvalue weighted by atomic mass is 10.1. The van der Waals surface area contributed by atoms with Crippen LogP contribution in [0.25, 0.3) is 0 Å². The maximum atomic E-state index is 9.93. The molecule has 1 rings (SSSR count). The van der Waals surface area contributed by atoms with Gasteiger partial charge in [-0.3, -0.25) is 0 Å². The normalized spacial score (nSPS) is 14.1. The number of methoxy groups -OCH3 is 1. The van der Waals surface area contributed by atoms with Crippen molar-refractivity contribution in [2.45, 2.75) is 32.4 Å². The van der Waals surface area contributed by atoms with Gasteiger partial charge in [-0.25, -0.2) is 0 Å². The van der Waals surface area contributed by atoms with Crippen LogP contribution < -0.4 is 10.1 Å². The van der Waals surface area contributed by atoms with E-state index in [2.05, 4.69) is 21.2 Å². The van der Waals surface area contributed by atoms with Gasteiger partial charge >= 0.3 is 0 Å². The summed E-state index contributed by atoms with van der Waals surface area (Å²) in [5, 5.41) is 13.2. The monoisotopic (exact) mass is 345 g/mol. The van der Waals surface area contributed by atoms with E-state index in [9.17, 15) is 5.11 Å². The zero-order chi connectivity index (χ0) is 15.0. The van der Waals surface area contributed by atoms with Crippen LogP contribution in [0.1, 0.15) is 25.8 Å². The molecule has 1 atom stereocenters. The van der Waals surface area contributed by atoms with Crippen molar-refractivity contribution in [3.05, 3.63) is 28.2 Å². The zero-order valence-corrected chi connectivity index (χ0v) is 14.0. The number of halogens is 1. The highest BCUT2D eigenvalue weighted by Crippen LogP contribution is 2.27. The zero-order valence-electron chi connectivity index (χ0n) is 12.4. The standard InChI is InChI=1S/C15H24BrNO3/c1-4-15(2,18)11-20-14-6-5-12(9-13(14)16)10-17-7-8-19-3/h5-6,9,17-18H,4,7-8,10-11H2,1-3H3. The summed E-state index contributed by atoms with van der Waals surface area (Å²) in [5.74, 6) is 0.749. The third kappa shape index (κ3) is 6.22. The Morgan fingerprint density at radius 3 is 2.75 bits per heavy atom. The molecule has 5 heteroatoms. The van der Waals surface area contributed by atoms with Crippen molar-refractivity contribution in [3.8, 4) is 5.75 Å². The van der Waals surface area contributed by atoms with Crippen LogP contribution >= 0.6 is 15.9 Å². The first-order chi connectivity index (χ1) is 9.48. The molecule has 4 nitrogen and oxygen atoms in total. The van der Waals surface area contributed by atoms with Gasteiger partial charge in [-0.15, -0.1) is 0 Å². The molecule has 0 aliphatic heterocycles. The number of ether oxygens (including phenoxy) is 2. The number of benzene rings is 1. The highest BCUT2D eigenvalue weighted by Gasteiger charge is 2.18. The van der Waals surface area contributed by atoms with Crippen molar-refractivity contribution in [2.24, 2.45) is 0 Å². The van der Waals surface area contributed by atoms with E-state index >= 15 is 0 Å². The fourth-order valence-corrected chi connectivity index (χ4v) is 2.05. The Hall–Kier alpha value is -0.620. The molecule has 0 saturated heterocycles. The lowest BCUT2D eigenvalue weighted by Gasteiger charge is -2.22. The molecule has 0 heterocycles. The highest BCUT2D eigenvalue weighted by molar-refractivity contribution is 9.10. The van der Waals surface area contributed by atoms with E-state index in [0.717, 1.165) is 23.3 Å². The molecule has 0 radical (unpaired) electrons. The number of aliphatic hydroxyl groups is 1. The lowest BCUT2D eigenvalue weighted by molar-refractivity contribution is 0.00823. The summed E-state index contributed by atoms with van der Waals surface area (Å²) < 4.78 is 11.5. The maximum Gasteiger partial charge on any atom is 0.133 e. The molecule has 0 fully saturated rings. The SMILES string of the molecule is CCC(C)(O)COc1ccc(CNCCOC)cc1Br. The van der Waals surface area contributed by atoms with Crippen LogP contribution in [0.5, 0.6) is 5.75 Å². The Kier molecular flexibility index (Phi) is 7.51. The van der Waals surface area contributed by atoms with Gasteiger partial charge in [-0.2, -0.15) is 0 Å². The van der Waals surface area contributed by atoms with E-state index in [1.807, 2.05) is 25.1 Å². The van der Waals surface area contributed by atoms with Gasteiger partial charge in [0.25, 0.3) is 0 Å². The van der Waals surface area contributed by atoms with Gasteiger partial charge in [-0.05, 0) is 47.0 Å². The third-order valence-corrected chi connectivity index (χ3v) is 3.73. The van der Waals surface area contributed by atoms with Gasteiger partial charge in [0.1, 0.15) is 12.4 Å². The van der Waals surface area contributed by atoms with Crippen LogP contribution in [0.3, 0.4) is 0 Å². The molecule has 0 aliphatic carbocycles. The molecule has 20 heavy (non-hydrogen) atoms. The first-order valence-electron chi connectivity index (χ1n) is 6.82. The van der Waals surface area contributed by atoms with Crippen molar-refractivity contribution >= 4 is 15.9 Å². The Balaban J connectivity index is 2.51. The lowest BCUT2D eigenvalue weighted by Crippen LogP contribution is -2.31. The Labute approximate surface area is 129 Å². The summed E-state index contributed by atoms with van der Waals surface area (Å²) >= 11 is 3.50. The second-order valence-corrected chi connectivity index (χ2v) is 5.93. The molecule has 0 amide bonds. The van der Waals surface area contributed by atoms with Gasteiger partial charge in [0.2, 0.25) is 0 Å². The Morgan fingerprint density at radius 1 is 1.40 bits per heavy atom. The highest BCUT2D eigenvalue weighted by atomic mass is 79.9. The van der Waals surface area contributed by atoms with Crippen LogP contribution in [0.15, 0.2) is 22.7 Å². The maximum absolute atomic E-state index is 9.93. The minimum atomic E-state index is -0.792. The predicted molar refractivity (Wildman–Crippen MR) is 84.1 cm³/mol. The number of hydrogen-bond acceptors (Lipinski definition) is 4. The van der Waals surface area contributed by atoms with Gasteiger partial charge in [-0.1, -0.05) is 13.0 Å². The summed E-state index contributed by atoms with van der Waals surface area (Å²) in [4.78, 5) is 0. The van der Waals surface area contributed by atoms with Gasteiger partial charge in [0, 0.05) is 20.2 Å². The quantitative estimate of drug-likeness (QED) is 0.675. The summed E-state index contributed by atoms with van der Waals surface area (Å²) in [6.45, 7) is 6.31. The van der Waals surface area contributed by atoms with Crippen LogP contribution in [-0.4, -0.2) is 37.6 Å². The first-order valence-corrected chi connectivity index (χ1v) is 7.61. The molecule has 0 spiro atoms. The molecular weight excluding hydrogens is 322 g/mol. The minimum Gasteiger partial charge on any atom is -0.489 e. The molecule has 1 aromatic rings. The molecule has 1 unspecified atom stereocenters. The summed E-state index contributed by atoms with van der Waals surface area (Å²) in [6, 6.07) is 5.96. The first kappa shape index (κ1) is 17.4. The Morgan fingerprint density at radius 2 is 2.15 bits per heavy atom. The van der Waals surface area contributed by atoms with Gasteiger partial charge < -0.3 is 19.9 Å². The van der Waals surface area contributed by atoms with Gasteiger partial charge in [0.05, 0.1) is 16.7 Å². The van der Waals surface area contributed by atoms with E-state index in [1.165, 1.54) is 5.56 Å². The average molecular weight is 346 g/mol. The molecule has 0 aliphatic rings. The molecule has 114 valence electrons.